The van der Waals surface area contributed by atoms with Crippen molar-refractivity contribution in [2.24, 2.45) is 5.92 Å². The largest absolute Gasteiger partial charge is 0.465 e. The lowest BCUT2D eigenvalue weighted by Gasteiger charge is -2.19. The van der Waals surface area contributed by atoms with Gasteiger partial charge in [0.2, 0.25) is 0 Å². The van der Waals surface area contributed by atoms with E-state index in [1.54, 1.807) is 0 Å². The van der Waals surface area contributed by atoms with E-state index in [0.717, 1.165) is 57.8 Å². The summed E-state index contributed by atoms with van der Waals surface area (Å²) in [7, 11) is 0. The predicted octanol–water partition coefficient (Wildman–Crippen LogP) is 8.55. The molecule has 0 saturated heterocycles. The minimum Gasteiger partial charge on any atom is -0.465 e. The van der Waals surface area contributed by atoms with E-state index in [0.29, 0.717) is 13.0 Å². The van der Waals surface area contributed by atoms with Crippen LogP contribution in [0.3, 0.4) is 0 Å². The Morgan fingerprint density at radius 2 is 1.12 bits per heavy atom. The summed E-state index contributed by atoms with van der Waals surface area (Å²) in [6, 6.07) is 0. The SMILES string of the molecule is CCCCCCCCC(CCCCCC)C(=O)OCCCCCCCC(=O)OC(C)(C)C. The fraction of sp³-hybridized carbons (Fsp3) is 0.929. The molecule has 0 heterocycles. The third-order valence-electron chi connectivity index (χ3n) is 5.84. The summed E-state index contributed by atoms with van der Waals surface area (Å²) in [5.41, 5.74) is -0.399. The predicted molar refractivity (Wildman–Crippen MR) is 135 cm³/mol. The molecule has 0 bridgehead atoms. The highest BCUT2D eigenvalue weighted by molar-refractivity contribution is 5.72. The van der Waals surface area contributed by atoms with Gasteiger partial charge < -0.3 is 9.47 Å². The highest BCUT2D eigenvalue weighted by Crippen LogP contribution is 2.21. The first-order valence-electron chi connectivity index (χ1n) is 13.7. The highest BCUT2D eigenvalue weighted by Gasteiger charge is 2.19. The second kappa shape index (κ2) is 20.5. The number of rotatable bonds is 21. The van der Waals surface area contributed by atoms with Crippen molar-refractivity contribution in [2.45, 2.75) is 156 Å². The molecule has 0 aromatic rings. The molecule has 0 aromatic heterocycles. The molecule has 0 aromatic carbocycles. The van der Waals surface area contributed by atoms with Crippen LogP contribution in [-0.2, 0) is 19.1 Å². The lowest BCUT2D eigenvalue weighted by atomic mass is 9.94. The van der Waals surface area contributed by atoms with Gasteiger partial charge in [0.25, 0.3) is 0 Å². The average Bonchev–Trinajstić information content (AvgIpc) is 2.72. The molecular weight excluding hydrogens is 400 g/mol. The van der Waals surface area contributed by atoms with Crippen molar-refractivity contribution in [1.29, 1.82) is 0 Å². The fourth-order valence-corrected chi connectivity index (χ4v) is 3.95. The van der Waals surface area contributed by atoms with Crippen LogP contribution in [0.15, 0.2) is 0 Å². The number of unbranched alkanes of at least 4 members (excludes halogenated alkanes) is 12. The van der Waals surface area contributed by atoms with Crippen LogP contribution < -0.4 is 0 Å². The Balaban J connectivity index is 3.96. The third kappa shape index (κ3) is 20.8. The van der Waals surface area contributed by atoms with Crippen molar-refractivity contribution in [1.82, 2.24) is 0 Å². The third-order valence-corrected chi connectivity index (χ3v) is 5.84. The van der Waals surface area contributed by atoms with Gasteiger partial charge in [-0.25, -0.2) is 0 Å². The molecule has 0 aliphatic rings. The van der Waals surface area contributed by atoms with E-state index in [9.17, 15) is 9.59 Å². The summed E-state index contributed by atoms with van der Waals surface area (Å²) in [5.74, 6) is 0.00798. The Kier molecular flexibility index (Phi) is 19.9. The number of carbonyl (C=O) groups is 2. The van der Waals surface area contributed by atoms with Gasteiger partial charge in [0, 0.05) is 6.42 Å². The van der Waals surface area contributed by atoms with E-state index in [1.807, 2.05) is 20.8 Å². The molecule has 0 saturated carbocycles. The summed E-state index contributed by atoms with van der Waals surface area (Å²) < 4.78 is 11.0. The molecule has 0 rings (SSSR count). The van der Waals surface area contributed by atoms with E-state index < -0.39 is 5.60 Å². The molecule has 1 unspecified atom stereocenters. The van der Waals surface area contributed by atoms with Crippen LogP contribution in [0.1, 0.15) is 150 Å². The van der Waals surface area contributed by atoms with Crippen LogP contribution in [0, 0.1) is 5.92 Å². The number of carbonyl (C=O) groups excluding carboxylic acids is 2. The van der Waals surface area contributed by atoms with E-state index in [-0.39, 0.29) is 17.9 Å². The van der Waals surface area contributed by atoms with Crippen LogP contribution in [0.4, 0.5) is 0 Å². The van der Waals surface area contributed by atoms with E-state index in [4.69, 9.17) is 9.47 Å². The van der Waals surface area contributed by atoms with Crippen LogP contribution in [0.5, 0.6) is 0 Å². The Labute approximate surface area is 199 Å². The summed E-state index contributed by atoms with van der Waals surface area (Å²) in [6.45, 7) is 10.7. The first-order chi connectivity index (χ1) is 15.3. The number of hydrogen-bond donors (Lipinski definition) is 0. The molecule has 190 valence electrons. The molecule has 0 N–H and O–H groups in total. The lowest BCUT2D eigenvalue weighted by molar-refractivity contribution is -0.155. The van der Waals surface area contributed by atoms with Gasteiger partial charge in [-0.2, -0.15) is 0 Å². The van der Waals surface area contributed by atoms with Crippen molar-refractivity contribution < 1.29 is 19.1 Å². The maximum atomic E-state index is 12.6. The standard InChI is InChI=1S/C28H54O4/c1-6-8-10-12-14-18-22-25(21-17-11-9-7-2)27(30)31-24-20-16-13-15-19-23-26(29)32-28(3,4)5/h25H,6-24H2,1-5H3. The number of esters is 2. The van der Waals surface area contributed by atoms with Crippen LogP contribution in [-0.4, -0.2) is 24.1 Å². The van der Waals surface area contributed by atoms with Gasteiger partial charge in [0.15, 0.2) is 0 Å². The van der Waals surface area contributed by atoms with Gasteiger partial charge in [0.05, 0.1) is 12.5 Å². The monoisotopic (exact) mass is 454 g/mol. The van der Waals surface area contributed by atoms with Gasteiger partial charge in [-0.05, 0) is 46.5 Å². The van der Waals surface area contributed by atoms with E-state index in [1.165, 1.54) is 51.4 Å². The molecule has 4 heteroatoms. The molecule has 4 nitrogen and oxygen atoms in total. The van der Waals surface area contributed by atoms with Crippen LogP contribution in [0.25, 0.3) is 0 Å². The first kappa shape index (κ1) is 30.9. The summed E-state index contributed by atoms with van der Waals surface area (Å²) in [4.78, 5) is 24.3. The molecule has 1 atom stereocenters. The molecule has 0 radical (unpaired) electrons. The first-order valence-corrected chi connectivity index (χ1v) is 13.7. The average molecular weight is 455 g/mol. The van der Waals surface area contributed by atoms with Crippen LogP contribution >= 0.6 is 0 Å². The highest BCUT2D eigenvalue weighted by atomic mass is 16.6. The molecule has 0 aliphatic carbocycles. The zero-order valence-corrected chi connectivity index (χ0v) is 22.1. The molecule has 0 amide bonds. The molecule has 32 heavy (non-hydrogen) atoms. The van der Waals surface area contributed by atoms with E-state index >= 15 is 0 Å². The van der Waals surface area contributed by atoms with Crippen molar-refractivity contribution in [3.8, 4) is 0 Å². The van der Waals surface area contributed by atoms with Gasteiger partial charge >= 0.3 is 11.9 Å². The van der Waals surface area contributed by atoms with Gasteiger partial charge in [-0.1, -0.05) is 97.3 Å². The van der Waals surface area contributed by atoms with E-state index in [2.05, 4.69) is 13.8 Å². The summed E-state index contributed by atoms with van der Waals surface area (Å²) >= 11 is 0. The Morgan fingerprint density at radius 3 is 1.69 bits per heavy atom. The second-order valence-corrected chi connectivity index (χ2v) is 10.4. The Hall–Kier alpha value is -1.06. The summed E-state index contributed by atoms with van der Waals surface area (Å²) in [6.07, 6.45) is 19.8. The summed E-state index contributed by atoms with van der Waals surface area (Å²) in [5, 5.41) is 0. The maximum absolute atomic E-state index is 12.6. The van der Waals surface area contributed by atoms with Gasteiger partial charge in [-0.3, -0.25) is 9.59 Å². The van der Waals surface area contributed by atoms with Crippen molar-refractivity contribution >= 4 is 11.9 Å². The number of hydrogen-bond acceptors (Lipinski definition) is 4. The lowest BCUT2D eigenvalue weighted by Crippen LogP contribution is -2.23. The Morgan fingerprint density at radius 1 is 0.656 bits per heavy atom. The zero-order valence-electron chi connectivity index (χ0n) is 22.1. The molecule has 0 aliphatic heterocycles. The second-order valence-electron chi connectivity index (χ2n) is 10.4. The quantitative estimate of drug-likeness (QED) is 0.129. The van der Waals surface area contributed by atoms with Crippen LogP contribution in [0.2, 0.25) is 0 Å². The van der Waals surface area contributed by atoms with Crippen molar-refractivity contribution in [3.63, 3.8) is 0 Å². The topological polar surface area (TPSA) is 52.6 Å². The van der Waals surface area contributed by atoms with Gasteiger partial charge in [-0.15, -0.1) is 0 Å². The molecule has 0 fully saturated rings. The number of ether oxygens (including phenoxy) is 2. The van der Waals surface area contributed by atoms with Crippen molar-refractivity contribution in [2.75, 3.05) is 6.61 Å². The Bertz CT molecular complexity index is 453. The minimum atomic E-state index is -0.399. The molecular formula is C28H54O4. The molecule has 0 spiro atoms. The maximum Gasteiger partial charge on any atom is 0.308 e. The van der Waals surface area contributed by atoms with Gasteiger partial charge in [0.1, 0.15) is 5.60 Å². The minimum absolute atomic E-state index is 0.0278. The van der Waals surface area contributed by atoms with Crippen molar-refractivity contribution in [3.05, 3.63) is 0 Å². The smallest absolute Gasteiger partial charge is 0.308 e. The fourth-order valence-electron chi connectivity index (χ4n) is 3.95. The zero-order chi connectivity index (χ0) is 24.1. The normalized spacial score (nSPS) is 12.5.